The summed E-state index contributed by atoms with van der Waals surface area (Å²) in [6, 6.07) is 14.5. The molecule has 5 heteroatoms. The lowest BCUT2D eigenvalue weighted by atomic mass is 10.2. The molecule has 2 aromatic carbocycles. The molecule has 0 spiro atoms. The number of carboxylic acid groups (broad SMARTS) is 1. The molecular weight excluding hydrogens is 260 g/mol. The molecule has 0 unspecified atom stereocenters. The second-order valence-electron chi connectivity index (χ2n) is 4.04. The Morgan fingerprint density at radius 1 is 1.11 bits per heavy atom. The maximum atomic E-state index is 10.8. The zero-order valence-corrected chi connectivity index (χ0v) is 10.6. The van der Waals surface area contributed by atoms with Crippen molar-refractivity contribution in [3.63, 3.8) is 0 Å². The van der Waals surface area contributed by atoms with Crippen LogP contribution in [0.25, 0.3) is 10.9 Å². The second kappa shape index (κ2) is 4.70. The molecule has 4 nitrogen and oxygen atoms in total. The summed E-state index contributed by atoms with van der Waals surface area (Å²) in [6.45, 7) is 0. The number of nitrogens with zero attached hydrogens (tertiary/aromatic N) is 1. The number of hydrogen-bond acceptors (Lipinski definition) is 4. The van der Waals surface area contributed by atoms with Crippen molar-refractivity contribution < 1.29 is 9.90 Å². The predicted octanol–water partition coefficient (Wildman–Crippen LogP) is 3.74. The fourth-order valence-electron chi connectivity index (χ4n) is 1.81. The van der Waals surface area contributed by atoms with Crippen LogP contribution in [0.5, 0.6) is 0 Å². The molecule has 1 aromatic heterocycles. The maximum Gasteiger partial charge on any atom is 0.335 e. The highest BCUT2D eigenvalue weighted by Crippen LogP contribution is 2.30. The van der Waals surface area contributed by atoms with Crippen LogP contribution in [0, 0.1) is 0 Å². The van der Waals surface area contributed by atoms with E-state index in [4.69, 9.17) is 5.11 Å². The van der Waals surface area contributed by atoms with Gasteiger partial charge in [0.05, 0.1) is 11.1 Å². The standard InChI is InChI=1S/C14H10N2O2S/c17-14(18)9-5-7-10(8-6-9)15-13-11-3-1-2-4-12(11)16-19-13/h1-8,15H,(H,17,18). The molecular formula is C14H10N2O2S. The van der Waals surface area contributed by atoms with Crippen molar-refractivity contribution in [2.45, 2.75) is 0 Å². The van der Waals surface area contributed by atoms with Crippen LogP contribution >= 0.6 is 11.5 Å². The number of nitrogens with one attached hydrogen (secondary N) is 1. The minimum atomic E-state index is -0.921. The molecule has 3 aromatic rings. The van der Waals surface area contributed by atoms with Gasteiger partial charge in [0.15, 0.2) is 0 Å². The summed E-state index contributed by atoms with van der Waals surface area (Å²) < 4.78 is 4.35. The van der Waals surface area contributed by atoms with E-state index in [-0.39, 0.29) is 5.56 Å². The smallest absolute Gasteiger partial charge is 0.335 e. The number of aromatic nitrogens is 1. The molecule has 0 aliphatic heterocycles. The molecule has 94 valence electrons. The first-order valence-electron chi connectivity index (χ1n) is 5.69. The van der Waals surface area contributed by atoms with Gasteiger partial charge in [-0.15, -0.1) is 0 Å². The van der Waals surface area contributed by atoms with Gasteiger partial charge < -0.3 is 10.4 Å². The normalized spacial score (nSPS) is 10.5. The van der Waals surface area contributed by atoms with Gasteiger partial charge in [0, 0.05) is 11.1 Å². The van der Waals surface area contributed by atoms with Crippen LogP contribution in [0.1, 0.15) is 10.4 Å². The van der Waals surface area contributed by atoms with Crippen molar-refractivity contribution >= 4 is 39.1 Å². The minimum Gasteiger partial charge on any atom is -0.478 e. The van der Waals surface area contributed by atoms with Gasteiger partial charge in [-0.25, -0.2) is 4.79 Å². The fourth-order valence-corrected chi connectivity index (χ4v) is 2.59. The number of aromatic carboxylic acids is 1. The van der Waals surface area contributed by atoms with Crippen molar-refractivity contribution in [1.82, 2.24) is 4.37 Å². The molecule has 0 atom stereocenters. The van der Waals surface area contributed by atoms with E-state index < -0.39 is 5.97 Å². The molecule has 0 radical (unpaired) electrons. The summed E-state index contributed by atoms with van der Waals surface area (Å²) in [7, 11) is 0. The molecule has 0 saturated carbocycles. The van der Waals surface area contributed by atoms with Crippen LogP contribution < -0.4 is 5.32 Å². The van der Waals surface area contributed by atoms with Crippen molar-refractivity contribution in [2.75, 3.05) is 5.32 Å². The number of fused-ring (bicyclic) bond motifs is 1. The van der Waals surface area contributed by atoms with Gasteiger partial charge in [-0.1, -0.05) is 12.1 Å². The van der Waals surface area contributed by atoms with Gasteiger partial charge in [0.1, 0.15) is 5.00 Å². The van der Waals surface area contributed by atoms with E-state index in [2.05, 4.69) is 9.69 Å². The van der Waals surface area contributed by atoms with Crippen molar-refractivity contribution in [2.24, 2.45) is 0 Å². The lowest BCUT2D eigenvalue weighted by Crippen LogP contribution is -1.96. The average molecular weight is 270 g/mol. The summed E-state index contributed by atoms with van der Waals surface area (Å²) in [5.74, 6) is -0.921. The Morgan fingerprint density at radius 2 is 1.84 bits per heavy atom. The van der Waals surface area contributed by atoms with E-state index in [9.17, 15) is 4.79 Å². The molecule has 0 amide bonds. The number of rotatable bonds is 3. The molecule has 1 heterocycles. The van der Waals surface area contributed by atoms with Gasteiger partial charge in [0.2, 0.25) is 0 Å². The SMILES string of the molecule is O=C(O)c1ccc(Nc2snc3ccccc23)cc1. The van der Waals surface area contributed by atoms with Crippen molar-refractivity contribution in [3.05, 3.63) is 54.1 Å². The van der Waals surface area contributed by atoms with Crippen molar-refractivity contribution in [1.29, 1.82) is 0 Å². The maximum absolute atomic E-state index is 10.8. The fraction of sp³-hybridized carbons (Fsp3) is 0. The molecule has 0 saturated heterocycles. The number of hydrogen-bond donors (Lipinski definition) is 2. The Morgan fingerprint density at radius 3 is 2.58 bits per heavy atom. The highest BCUT2D eigenvalue weighted by atomic mass is 32.1. The molecule has 0 fully saturated rings. The topological polar surface area (TPSA) is 62.2 Å². The lowest BCUT2D eigenvalue weighted by molar-refractivity contribution is 0.0697. The zero-order chi connectivity index (χ0) is 13.2. The first-order chi connectivity index (χ1) is 9.24. The third-order valence-corrected chi connectivity index (χ3v) is 3.57. The molecule has 0 aliphatic carbocycles. The summed E-state index contributed by atoms with van der Waals surface area (Å²) in [5.41, 5.74) is 2.08. The predicted molar refractivity (Wildman–Crippen MR) is 76.3 cm³/mol. The van der Waals surface area contributed by atoms with Gasteiger partial charge in [-0.2, -0.15) is 4.37 Å². The molecule has 2 N–H and O–H groups in total. The van der Waals surface area contributed by atoms with Gasteiger partial charge in [0.25, 0.3) is 0 Å². The molecule has 0 aliphatic rings. The quantitative estimate of drug-likeness (QED) is 0.761. The van der Waals surface area contributed by atoms with Crippen LogP contribution in [0.4, 0.5) is 10.7 Å². The Balaban J connectivity index is 1.90. The number of anilines is 2. The van der Waals surface area contributed by atoms with Crippen LogP contribution in [-0.4, -0.2) is 15.4 Å². The Bertz CT molecular complexity index is 735. The van der Waals surface area contributed by atoms with Gasteiger partial charge >= 0.3 is 5.97 Å². The van der Waals surface area contributed by atoms with E-state index >= 15 is 0 Å². The number of benzene rings is 2. The summed E-state index contributed by atoms with van der Waals surface area (Å²) in [5, 5.41) is 14.1. The first kappa shape index (κ1) is 11.7. The zero-order valence-electron chi connectivity index (χ0n) is 9.83. The monoisotopic (exact) mass is 270 g/mol. The molecule has 19 heavy (non-hydrogen) atoms. The van der Waals surface area contributed by atoms with Crippen LogP contribution in [0.2, 0.25) is 0 Å². The van der Waals surface area contributed by atoms with E-state index in [1.807, 2.05) is 24.3 Å². The van der Waals surface area contributed by atoms with Crippen molar-refractivity contribution in [3.8, 4) is 0 Å². The highest BCUT2D eigenvalue weighted by molar-refractivity contribution is 7.11. The van der Waals surface area contributed by atoms with E-state index in [0.29, 0.717) is 0 Å². The highest BCUT2D eigenvalue weighted by Gasteiger charge is 2.06. The summed E-state index contributed by atoms with van der Waals surface area (Å²) in [4.78, 5) is 10.8. The number of carbonyl (C=O) groups is 1. The van der Waals surface area contributed by atoms with E-state index in [1.165, 1.54) is 11.5 Å². The average Bonchev–Trinajstić information content (AvgIpc) is 2.83. The summed E-state index contributed by atoms with van der Waals surface area (Å²) in [6.07, 6.45) is 0. The van der Waals surface area contributed by atoms with Gasteiger partial charge in [-0.05, 0) is 47.9 Å². The third kappa shape index (κ3) is 2.28. The first-order valence-corrected chi connectivity index (χ1v) is 6.46. The van der Waals surface area contributed by atoms with Crippen LogP contribution in [-0.2, 0) is 0 Å². The third-order valence-electron chi connectivity index (χ3n) is 2.77. The molecule has 3 rings (SSSR count). The van der Waals surface area contributed by atoms with Gasteiger partial charge in [-0.3, -0.25) is 0 Å². The largest absolute Gasteiger partial charge is 0.478 e. The van der Waals surface area contributed by atoms with Crippen LogP contribution in [0.3, 0.4) is 0 Å². The van der Waals surface area contributed by atoms with E-state index in [0.717, 1.165) is 21.6 Å². The van der Waals surface area contributed by atoms with E-state index in [1.54, 1.807) is 24.3 Å². The second-order valence-corrected chi connectivity index (χ2v) is 4.81. The van der Waals surface area contributed by atoms with Crippen LogP contribution in [0.15, 0.2) is 48.5 Å². The Hall–Kier alpha value is -2.40. The molecule has 0 bridgehead atoms. The minimum absolute atomic E-state index is 0.278. The number of carboxylic acids is 1. The Kier molecular flexibility index (Phi) is 2.89. The lowest BCUT2D eigenvalue weighted by Gasteiger charge is -2.04. The Labute approximate surface area is 113 Å². The summed E-state index contributed by atoms with van der Waals surface area (Å²) >= 11 is 1.39.